The summed E-state index contributed by atoms with van der Waals surface area (Å²) in [5.74, 6) is -4.02. The van der Waals surface area contributed by atoms with E-state index in [0.29, 0.717) is 6.42 Å². The maximum absolute atomic E-state index is 15.3. The topological polar surface area (TPSA) is 208 Å². The number of cyclic esters (lactones) is 1. The lowest BCUT2D eigenvalue weighted by molar-refractivity contribution is -0.385. The molecule has 18 heteroatoms. The number of hydrogen-bond acceptors (Lipinski definition) is 15. The number of carbonyl (C=O) groups excluding carboxylic acids is 6. The molecule has 3 heterocycles. The van der Waals surface area contributed by atoms with Crippen LogP contribution in [0.1, 0.15) is 122 Å². The number of nitro benzene ring substituents is 1. The highest BCUT2D eigenvalue weighted by Crippen LogP contribution is 2.43. The van der Waals surface area contributed by atoms with E-state index in [0.717, 1.165) is 68.7 Å². The lowest BCUT2D eigenvalue weighted by Crippen LogP contribution is -2.52. The largest absolute Gasteiger partial charge is 0.508 e. The molecule has 0 saturated carbocycles. The van der Waals surface area contributed by atoms with Crippen LogP contribution in [0.15, 0.2) is 72.9 Å². The quantitative estimate of drug-likeness (QED) is 0.0280. The molecule has 16 nitrogen and oxygen atoms in total. The number of aryl methyl sites for hydroxylation is 1. The predicted molar refractivity (Wildman–Crippen MR) is 267 cm³/mol. The van der Waals surface area contributed by atoms with Crippen LogP contribution in [0.3, 0.4) is 0 Å². The number of ether oxygens (including phenoxy) is 4. The van der Waals surface area contributed by atoms with Crippen LogP contribution in [0.2, 0.25) is 18.1 Å². The number of allylic oxidation sites excluding steroid dienone is 2. The van der Waals surface area contributed by atoms with Crippen molar-refractivity contribution in [3.8, 4) is 5.75 Å². The molecule has 3 aromatic rings. The molecule has 0 spiro atoms. The number of Topliss-reactive ketones (excluding diaryl/α,β-unsaturated/α-hetero) is 1. The molecule has 2 aliphatic rings. The van der Waals surface area contributed by atoms with Gasteiger partial charge in [-0.15, -0.1) is 17.9 Å². The summed E-state index contributed by atoms with van der Waals surface area (Å²) in [6.45, 7) is 23.5. The lowest BCUT2D eigenvalue weighted by Gasteiger charge is -2.45. The Morgan fingerprint density at radius 3 is 2.43 bits per heavy atom. The molecule has 70 heavy (non-hydrogen) atoms. The number of imide groups is 1. The number of benzene rings is 2. The molecule has 5 atom stereocenters. The molecule has 5 rings (SSSR count). The standard InChI is InChI=1S/C52H67N3O13SSi/c1-12-15-37-48(68-70(10,11)51(5,6)7)33(3)17-13-16-32(2)19-22-40(36-21-24-42-38(29-36)53-34(4)69-42)65-47(59)30-43(52(8,9)49(37)60)67-50(61)64-31-35-20-23-41(39(28-35)55(62)63)66-46(58)18-14-27-54-44(56)25-26-45(54)57/h12,19-21,23-26,28-29,33,37,40,43,48H,1,13-18,22,27,30-31H2,2-11H3/b32-19-/t33-,37+,40-,43-,48-/m0/s1. The van der Waals surface area contributed by atoms with Gasteiger partial charge in [0.2, 0.25) is 5.75 Å². The van der Waals surface area contributed by atoms with Crippen molar-refractivity contribution in [3.63, 3.8) is 0 Å². The van der Waals surface area contributed by atoms with Gasteiger partial charge in [0.05, 0.1) is 38.1 Å². The molecule has 0 fully saturated rings. The monoisotopic (exact) mass is 1000 g/mol. The number of nitrogens with zero attached hydrogens (tertiary/aromatic N) is 3. The number of fused-ring (bicyclic) bond motifs is 1. The first-order valence-electron chi connectivity index (χ1n) is 23.7. The maximum Gasteiger partial charge on any atom is 0.508 e. The van der Waals surface area contributed by atoms with Crippen LogP contribution in [-0.2, 0) is 49.2 Å². The van der Waals surface area contributed by atoms with Crippen molar-refractivity contribution in [2.75, 3.05) is 6.54 Å². The summed E-state index contributed by atoms with van der Waals surface area (Å²) in [4.78, 5) is 96.6. The van der Waals surface area contributed by atoms with Gasteiger partial charge in [-0.1, -0.05) is 57.6 Å². The third kappa shape index (κ3) is 14.1. The molecule has 0 N–H and O–H groups in total. The first kappa shape index (κ1) is 55.1. The van der Waals surface area contributed by atoms with Crippen molar-refractivity contribution < 1.29 is 57.1 Å². The van der Waals surface area contributed by atoms with E-state index in [2.05, 4.69) is 65.4 Å². The van der Waals surface area contributed by atoms with E-state index in [1.807, 2.05) is 25.1 Å². The Hall–Kier alpha value is -5.85. The van der Waals surface area contributed by atoms with E-state index < -0.39 is 91.5 Å². The second-order valence-electron chi connectivity index (χ2n) is 20.3. The molecular formula is C52H67N3O13SSi. The fourth-order valence-electron chi connectivity index (χ4n) is 8.29. The van der Waals surface area contributed by atoms with Gasteiger partial charge >= 0.3 is 23.8 Å². The number of ketones is 1. The Bertz CT molecular complexity index is 2520. The van der Waals surface area contributed by atoms with Crippen molar-refractivity contribution in [2.24, 2.45) is 17.3 Å². The van der Waals surface area contributed by atoms with Crippen molar-refractivity contribution >= 4 is 71.2 Å². The number of nitro groups is 1. The molecule has 2 amide bonds. The van der Waals surface area contributed by atoms with E-state index in [-0.39, 0.29) is 53.9 Å². The highest BCUT2D eigenvalue weighted by Gasteiger charge is 2.49. The van der Waals surface area contributed by atoms with Crippen molar-refractivity contribution in [1.82, 2.24) is 9.88 Å². The van der Waals surface area contributed by atoms with E-state index in [1.165, 1.54) is 12.1 Å². The Labute approximate surface area is 415 Å². The molecule has 2 aromatic carbocycles. The highest BCUT2D eigenvalue weighted by molar-refractivity contribution is 7.18. The van der Waals surface area contributed by atoms with Crippen LogP contribution in [0, 0.1) is 34.3 Å². The van der Waals surface area contributed by atoms with Crippen LogP contribution in [0.5, 0.6) is 5.75 Å². The van der Waals surface area contributed by atoms with E-state index in [1.54, 1.807) is 31.3 Å². The number of thiazole rings is 1. The van der Waals surface area contributed by atoms with Gasteiger partial charge in [0, 0.05) is 43.5 Å². The molecule has 0 bridgehead atoms. The zero-order valence-corrected chi connectivity index (χ0v) is 43.8. The summed E-state index contributed by atoms with van der Waals surface area (Å²) in [5, 5.41) is 12.8. The molecule has 2 aliphatic heterocycles. The molecular weight excluding hydrogens is 935 g/mol. The van der Waals surface area contributed by atoms with E-state index in [9.17, 15) is 34.1 Å². The fraction of sp³-hybridized carbons (Fsp3) is 0.519. The van der Waals surface area contributed by atoms with Crippen LogP contribution in [-0.4, -0.2) is 77.6 Å². The summed E-state index contributed by atoms with van der Waals surface area (Å²) in [6.07, 6.45) is 4.40. The van der Waals surface area contributed by atoms with Gasteiger partial charge in [0.25, 0.3) is 11.8 Å². The summed E-state index contributed by atoms with van der Waals surface area (Å²) >= 11 is 1.56. The van der Waals surface area contributed by atoms with Crippen LogP contribution in [0.4, 0.5) is 10.5 Å². The number of rotatable bonds is 14. The van der Waals surface area contributed by atoms with E-state index >= 15 is 4.79 Å². The molecule has 0 saturated heterocycles. The molecule has 1 aromatic heterocycles. The first-order valence-corrected chi connectivity index (χ1v) is 27.4. The van der Waals surface area contributed by atoms with E-state index in [4.69, 9.17) is 23.4 Å². The SMILES string of the molecule is C=CC[C@H]1C(=O)C(C)(C)[C@@H](OC(=O)OCc2ccc(OC(=O)CCCN3C(=O)C=CC3=O)c([N+](=O)[O-])c2)CC(=O)O[C@H](c2ccc3sc(C)nc3c2)C/C=C(/C)CCC[C@H](C)[C@@H]1O[Si](C)(C)C(C)(C)C. The number of carbonyl (C=O) groups is 6. The smallest absolute Gasteiger partial charge is 0.457 e. The van der Waals surface area contributed by atoms with Gasteiger partial charge < -0.3 is 23.4 Å². The Balaban J connectivity index is 1.43. The minimum absolute atomic E-state index is 0.0373. The second kappa shape index (κ2) is 23.4. The average Bonchev–Trinajstić information content (AvgIpc) is 3.82. The van der Waals surface area contributed by atoms with Gasteiger partial charge in [-0.3, -0.25) is 39.0 Å². The first-order chi connectivity index (χ1) is 32.8. The van der Waals surface area contributed by atoms with Gasteiger partial charge in [-0.2, -0.15) is 0 Å². The number of aromatic nitrogens is 1. The van der Waals surface area contributed by atoms with Gasteiger partial charge in [0.15, 0.2) is 8.32 Å². The third-order valence-corrected chi connectivity index (χ3v) is 18.9. The number of amides is 2. The third-order valence-electron chi connectivity index (χ3n) is 13.5. The zero-order chi connectivity index (χ0) is 51.7. The van der Waals surface area contributed by atoms with Crippen molar-refractivity contribution in [3.05, 3.63) is 99.1 Å². The van der Waals surface area contributed by atoms with Crippen molar-refractivity contribution in [2.45, 2.75) is 150 Å². The minimum atomic E-state index is -2.48. The Morgan fingerprint density at radius 2 is 1.77 bits per heavy atom. The molecule has 378 valence electrons. The van der Waals surface area contributed by atoms with Gasteiger partial charge in [-0.25, -0.2) is 9.78 Å². The Morgan fingerprint density at radius 1 is 1.07 bits per heavy atom. The van der Waals surface area contributed by atoms with Gasteiger partial charge in [0.1, 0.15) is 24.6 Å². The molecule has 0 radical (unpaired) electrons. The zero-order valence-electron chi connectivity index (χ0n) is 42.0. The second-order valence-corrected chi connectivity index (χ2v) is 26.3. The average molecular weight is 1000 g/mol. The van der Waals surface area contributed by atoms with Gasteiger partial charge in [-0.05, 0) is 113 Å². The number of esters is 2. The fourth-order valence-corrected chi connectivity index (χ4v) is 10.5. The maximum atomic E-state index is 15.3. The minimum Gasteiger partial charge on any atom is -0.457 e. The lowest BCUT2D eigenvalue weighted by atomic mass is 9.71. The molecule has 0 aliphatic carbocycles. The normalized spacial score (nSPS) is 22.6. The van der Waals surface area contributed by atoms with Crippen LogP contribution >= 0.6 is 11.3 Å². The van der Waals surface area contributed by atoms with Crippen LogP contribution < -0.4 is 4.74 Å². The summed E-state index contributed by atoms with van der Waals surface area (Å²) < 4.78 is 31.1. The highest BCUT2D eigenvalue weighted by atomic mass is 32.1. The summed E-state index contributed by atoms with van der Waals surface area (Å²) in [7, 11) is -2.48. The molecule has 0 unspecified atom stereocenters. The summed E-state index contributed by atoms with van der Waals surface area (Å²) in [6, 6.07) is 9.38. The van der Waals surface area contributed by atoms with Crippen molar-refractivity contribution in [1.29, 1.82) is 0 Å². The summed E-state index contributed by atoms with van der Waals surface area (Å²) in [5.41, 5.74) is 0.649. The number of hydrogen-bond donors (Lipinski definition) is 0. The predicted octanol–water partition coefficient (Wildman–Crippen LogP) is 11.2. The Kier molecular flexibility index (Phi) is 18.4. The van der Waals surface area contributed by atoms with Crippen LogP contribution in [0.25, 0.3) is 10.2 Å².